The summed E-state index contributed by atoms with van der Waals surface area (Å²) in [6.07, 6.45) is 3.10. The maximum atomic E-state index is 12.8. The van der Waals surface area contributed by atoms with Crippen molar-refractivity contribution < 1.29 is 9.90 Å². The van der Waals surface area contributed by atoms with Crippen molar-refractivity contribution >= 4 is 28.4 Å². The quantitative estimate of drug-likeness (QED) is 0.591. The van der Waals surface area contributed by atoms with Crippen LogP contribution < -0.4 is 11.2 Å². The third-order valence-electron chi connectivity index (χ3n) is 5.15. The van der Waals surface area contributed by atoms with Gasteiger partial charge in [-0.1, -0.05) is 29.5 Å². The summed E-state index contributed by atoms with van der Waals surface area (Å²) in [5.41, 5.74) is 0.273. The topological polar surface area (TPSA) is 96.9 Å². The van der Waals surface area contributed by atoms with Gasteiger partial charge in [-0.15, -0.1) is 0 Å². The first-order valence-corrected chi connectivity index (χ1v) is 10.8. The maximum absolute atomic E-state index is 12.8. The normalized spacial score (nSPS) is 14.8. The van der Waals surface area contributed by atoms with Crippen molar-refractivity contribution in [3.63, 3.8) is 0 Å². The zero-order valence-electron chi connectivity index (χ0n) is 17.4. The third-order valence-corrected chi connectivity index (χ3v) is 6.11. The molecule has 0 spiro atoms. The second-order valence-electron chi connectivity index (χ2n) is 7.39. The first-order valence-electron chi connectivity index (χ1n) is 9.85. The van der Waals surface area contributed by atoms with E-state index in [2.05, 4.69) is 4.99 Å². The fourth-order valence-electron chi connectivity index (χ4n) is 3.28. The largest absolute Gasteiger partial charge is 0.494 e. The molecule has 3 rings (SSSR count). The molecule has 1 amide bonds. The number of likely N-dealkylation sites (tertiary alicyclic amines) is 1. The van der Waals surface area contributed by atoms with E-state index in [1.54, 1.807) is 12.1 Å². The second-order valence-corrected chi connectivity index (χ2v) is 8.35. The molecule has 9 heteroatoms. The highest BCUT2D eigenvalue weighted by molar-refractivity contribution is 8.15. The molecule has 1 aliphatic rings. The lowest BCUT2D eigenvalue weighted by molar-refractivity contribution is -0.129. The van der Waals surface area contributed by atoms with Crippen molar-refractivity contribution in [1.82, 2.24) is 14.0 Å². The number of piperidine rings is 1. The van der Waals surface area contributed by atoms with Gasteiger partial charge >= 0.3 is 5.69 Å². The summed E-state index contributed by atoms with van der Waals surface area (Å²) in [5.74, 6) is -0.403. The zero-order chi connectivity index (χ0) is 21.8. The van der Waals surface area contributed by atoms with Gasteiger partial charge in [-0.25, -0.2) is 9.79 Å². The van der Waals surface area contributed by atoms with Gasteiger partial charge in [0.25, 0.3) is 5.56 Å². The van der Waals surface area contributed by atoms with Crippen LogP contribution in [0.15, 0.2) is 38.8 Å². The number of rotatable bonds is 4. The number of aryl methyl sites for hydroxylation is 1. The van der Waals surface area contributed by atoms with Crippen LogP contribution in [0.3, 0.4) is 0 Å². The lowest BCUT2D eigenvalue weighted by Crippen LogP contribution is -2.40. The Morgan fingerprint density at radius 2 is 1.70 bits per heavy atom. The Kier molecular flexibility index (Phi) is 6.81. The van der Waals surface area contributed by atoms with Crippen LogP contribution >= 0.6 is 11.8 Å². The molecule has 0 radical (unpaired) electrons. The van der Waals surface area contributed by atoms with Crippen LogP contribution in [0, 0.1) is 6.92 Å². The van der Waals surface area contributed by atoms with Gasteiger partial charge in [0.2, 0.25) is 11.8 Å². The van der Waals surface area contributed by atoms with Crippen LogP contribution in [-0.4, -0.2) is 48.9 Å². The van der Waals surface area contributed by atoms with E-state index in [4.69, 9.17) is 0 Å². The number of hydrogen-bond acceptors (Lipinski definition) is 6. The average molecular weight is 431 g/mol. The number of nitrogens with zero attached hydrogens (tertiary/aromatic N) is 4. The smallest absolute Gasteiger partial charge is 0.333 e. The predicted molar refractivity (Wildman–Crippen MR) is 119 cm³/mol. The lowest BCUT2D eigenvalue weighted by Gasteiger charge is -2.26. The SMILES string of the molecule is Cc1ccc(N=C(SCC(=O)N2CCCCC2)c2c(O)n(C)c(=O)n(C)c2=O)cc1. The number of benzene rings is 1. The highest BCUT2D eigenvalue weighted by atomic mass is 32.2. The molecule has 1 aliphatic heterocycles. The van der Waals surface area contributed by atoms with E-state index in [-0.39, 0.29) is 22.3 Å². The summed E-state index contributed by atoms with van der Waals surface area (Å²) < 4.78 is 1.92. The number of thioether (sulfide) groups is 1. The summed E-state index contributed by atoms with van der Waals surface area (Å²) in [7, 11) is 2.73. The number of carbonyl (C=O) groups is 1. The minimum atomic E-state index is -0.653. The highest BCUT2D eigenvalue weighted by Crippen LogP contribution is 2.24. The molecule has 0 bridgehead atoms. The zero-order valence-corrected chi connectivity index (χ0v) is 18.2. The van der Waals surface area contributed by atoms with E-state index < -0.39 is 17.1 Å². The van der Waals surface area contributed by atoms with Gasteiger partial charge in [0.1, 0.15) is 10.6 Å². The van der Waals surface area contributed by atoms with Crippen molar-refractivity contribution in [3.05, 3.63) is 56.2 Å². The number of amides is 1. The lowest BCUT2D eigenvalue weighted by atomic mass is 10.1. The number of aliphatic imine (C=N–C) groups is 1. The highest BCUT2D eigenvalue weighted by Gasteiger charge is 2.23. The Morgan fingerprint density at radius 1 is 1.07 bits per heavy atom. The van der Waals surface area contributed by atoms with E-state index in [0.717, 1.165) is 58.8 Å². The molecular formula is C21H26N4O4S. The number of aromatic hydroxyl groups is 1. The fourth-order valence-corrected chi connectivity index (χ4v) is 4.22. The predicted octanol–water partition coefficient (Wildman–Crippen LogP) is 1.92. The monoisotopic (exact) mass is 430 g/mol. The summed E-state index contributed by atoms with van der Waals surface area (Å²) >= 11 is 1.10. The third kappa shape index (κ3) is 4.67. The first-order chi connectivity index (χ1) is 14.3. The Morgan fingerprint density at radius 3 is 2.33 bits per heavy atom. The van der Waals surface area contributed by atoms with Crippen molar-refractivity contribution in [2.75, 3.05) is 18.8 Å². The van der Waals surface area contributed by atoms with Gasteiger partial charge in [0.05, 0.1) is 11.4 Å². The molecule has 1 aromatic heterocycles. The molecule has 8 nitrogen and oxygen atoms in total. The Labute approximate surface area is 178 Å². The summed E-state index contributed by atoms with van der Waals surface area (Å²) in [5, 5.41) is 10.8. The molecule has 160 valence electrons. The average Bonchev–Trinajstić information content (AvgIpc) is 2.76. The summed E-state index contributed by atoms with van der Waals surface area (Å²) in [6.45, 7) is 3.42. The van der Waals surface area contributed by atoms with Crippen LogP contribution in [0.2, 0.25) is 0 Å². The van der Waals surface area contributed by atoms with E-state index in [9.17, 15) is 19.5 Å². The van der Waals surface area contributed by atoms with Crippen LogP contribution in [0.1, 0.15) is 30.4 Å². The number of aromatic nitrogens is 2. The minimum Gasteiger partial charge on any atom is -0.494 e. The van der Waals surface area contributed by atoms with Crippen LogP contribution in [0.5, 0.6) is 5.88 Å². The summed E-state index contributed by atoms with van der Waals surface area (Å²) in [6, 6.07) is 7.37. The molecule has 0 saturated carbocycles. The van der Waals surface area contributed by atoms with Crippen LogP contribution in [-0.2, 0) is 18.9 Å². The molecule has 1 N–H and O–H groups in total. The van der Waals surface area contributed by atoms with E-state index in [1.165, 1.54) is 14.1 Å². The van der Waals surface area contributed by atoms with Crippen molar-refractivity contribution in [2.24, 2.45) is 19.1 Å². The Balaban J connectivity index is 2.00. The molecule has 0 aliphatic carbocycles. The molecular weight excluding hydrogens is 404 g/mol. The molecule has 0 atom stereocenters. The molecule has 1 aromatic carbocycles. The molecule has 30 heavy (non-hydrogen) atoms. The van der Waals surface area contributed by atoms with Gasteiger partial charge in [-0.2, -0.15) is 0 Å². The van der Waals surface area contributed by atoms with Gasteiger partial charge in [-0.05, 0) is 38.3 Å². The fraction of sp³-hybridized carbons (Fsp3) is 0.429. The van der Waals surface area contributed by atoms with Gasteiger partial charge in [0, 0.05) is 27.2 Å². The van der Waals surface area contributed by atoms with Gasteiger partial charge < -0.3 is 10.0 Å². The second kappa shape index (κ2) is 9.34. The Hall–Kier alpha value is -2.81. The molecule has 1 saturated heterocycles. The maximum Gasteiger partial charge on any atom is 0.333 e. The first kappa shape index (κ1) is 21.9. The van der Waals surface area contributed by atoms with Gasteiger partial charge in [-0.3, -0.25) is 18.7 Å². The molecule has 2 aromatic rings. The standard InChI is InChI=1S/C21H26N4O4S/c1-14-7-9-15(10-8-14)22-18(30-13-16(26)25-11-5-4-6-12-25)17-19(27)23(2)21(29)24(3)20(17)28/h7-10,27H,4-6,11-13H2,1-3H3. The minimum absolute atomic E-state index is 0.0301. The van der Waals surface area contributed by atoms with E-state index in [1.807, 2.05) is 24.0 Å². The van der Waals surface area contributed by atoms with Gasteiger partial charge in [0.15, 0.2) is 0 Å². The number of carbonyl (C=O) groups excluding carboxylic acids is 1. The van der Waals surface area contributed by atoms with Crippen molar-refractivity contribution in [2.45, 2.75) is 26.2 Å². The van der Waals surface area contributed by atoms with E-state index >= 15 is 0 Å². The van der Waals surface area contributed by atoms with E-state index in [0.29, 0.717) is 5.69 Å². The summed E-state index contributed by atoms with van der Waals surface area (Å²) in [4.78, 5) is 43.9. The van der Waals surface area contributed by atoms with Crippen LogP contribution in [0.25, 0.3) is 0 Å². The van der Waals surface area contributed by atoms with Crippen molar-refractivity contribution in [3.8, 4) is 5.88 Å². The van der Waals surface area contributed by atoms with Crippen LogP contribution in [0.4, 0.5) is 5.69 Å². The molecule has 0 unspecified atom stereocenters. The Bertz CT molecular complexity index is 1080. The van der Waals surface area contributed by atoms with Crippen molar-refractivity contribution in [1.29, 1.82) is 0 Å². The molecule has 1 fully saturated rings. The molecule has 2 heterocycles. The number of hydrogen-bond donors (Lipinski definition) is 1.